The monoisotopic (exact) mass is 471 g/mol. The molecular weight excluding hydrogens is 446 g/mol. The smallest absolute Gasteiger partial charge is 0.319 e. The van der Waals surface area contributed by atoms with E-state index in [-0.39, 0.29) is 5.91 Å². The summed E-state index contributed by atoms with van der Waals surface area (Å²) in [7, 11) is 0. The SMILES string of the molecule is Cc1ccc(NC(=O)NC(Cc2ccccc2)C(=O)Nc2nnc(-c3ccccc3)s2)c(C)c1. The molecule has 1 aromatic heterocycles. The summed E-state index contributed by atoms with van der Waals surface area (Å²) in [5.74, 6) is -0.365. The standard InChI is InChI=1S/C26H25N5O2S/c1-17-13-14-21(18(2)15-17)27-25(33)28-22(16-19-9-5-3-6-10-19)23(32)29-26-31-30-24(34-26)20-11-7-4-8-12-20/h3-15,22H,16H2,1-2H3,(H2,27,28,33)(H,29,31,32). The quantitative estimate of drug-likeness (QED) is 0.345. The van der Waals surface area contributed by atoms with Crippen LogP contribution in [0.1, 0.15) is 16.7 Å². The molecule has 0 radical (unpaired) electrons. The van der Waals surface area contributed by atoms with Crippen molar-refractivity contribution in [3.63, 3.8) is 0 Å². The van der Waals surface area contributed by atoms with Crippen LogP contribution < -0.4 is 16.0 Å². The number of aromatic nitrogens is 2. The topological polar surface area (TPSA) is 96.0 Å². The summed E-state index contributed by atoms with van der Waals surface area (Å²) in [6, 6.07) is 23.7. The summed E-state index contributed by atoms with van der Waals surface area (Å²) < 4.78 is 0. The first-order chi connectivity index (χ1) is 16.5. The number of hydrogen-bond acceptors (Lipinski definition) is 5. The van der Waals surface area contributed by atoms with Gasteiger partial charge < -0.3 is 10.6 Å². The maximum absolute atomic E-state index is 13.1. The zero-order valence-corrected chi connectivity index (χ0v) is 19.7. The molecule has 3 N–H and O–H groups in total. The molecule has 1 unspecified atom stereocenters. The van der Waals surface area contributed by atoms with Gasteiger partial charge in [0.2, 0.25) is 11.0 Å². The molecule has 4 aromatic rings. The number of carbonyl (C=O) groups is 2. The lowest BCUT2D eigenvalue weighted by atomic mass is 10.1. The zero-order chi connectivity index (χ0) is 23.9. The van der Waals surface area contributed by atoms with Crippen molar-refractivity contribution in [3.8, 4) is 10.6 Å². The van der Waals surface area contributed by atoms with Crippen LogP contribution in [0, 0.1) is 13.8 Å². The molecule has 7 nitrogen and oxygen atoms in total. The van der Waals surface area contributed by atoms with Crippen molar-refractivity contribution in [2.75, 3.05) is 10.6 Å². The minimum Gasteiger partial charge on any atom is -0.326 e. The van der Waals surface area contributed by atoms with Gasteiger partial charge in [-0.2, -0.15) is 0 Å². The lowest BCUT2D eigenvalue weighted by molar-refractivity contribution is -0.117. The van der Waals surface area contributed by atoms with Gasteiger partial charge in [0.05, 0.1) is 0 Å². The minimum atomic E-state index is -0.808. The van der Waals surface area contributed by atoms with Crippen LogP contribution >= 0.6 is 11.3 Å². The normalized spacial score (nSPS) is 11.5. The molecule has 8 heteroatoms. The summed E-state index contributed by atoms with van der Waals surface area (Å²) in [6.07, 6.45) is 0.331. The van der Waals surface area contributed by atoms with E-state index in [0.29, 0.717) is 22.2 Å². The van der Waals surface area contributed by atoms with Crippen molar-refractivity contribution in [3.05, 3.63) is 95.6 Å². The number of carbonyl (C=O) groups excluding carboxylic acids is 2. The predicted molar refractivity (Wildman–Crippen MR) is 136 cm³/mol. The highest BCUT2D eigenvalue weighted by atomic mass is 32.1. The van der Waals surface area contributed by atoms with Crippen molar-refractivity contribution < 1.29 is 9.59 Å². The fourth-order valence-electron chi connectivity index (χ4n) is 3.49. The third-order valence-corrected chi connectivity index (χ3v) is 6.10. The number of nitrogens with zero attached hydrogens (tertiary/aromatic N) is 2. The Kier molecular flexibility index (Phi) is 7.29. The maximum Gasteiger partial charge on any atom is 0.319 e. The van der Waals surface area contributed by atoms with Crippen LogP contribution in [0.25, 0.3) is 10.6 Å². The Bertz CT molecular complexity index is 1270. The lowest BCUT2D eigenvalue weighted by Gasteiger charge is -2.19. The maximum atomic E-state index is 13.1. The van der Waals surface area contributed by atoms with Crippen LogP contribution in [0.3, 0.4) is 0 Å². The molecule has 0 fully saturated rings. The second-order valence-corrected chi connectivity index (χ2v) is 8.90. The second-order valence-electron chi connectivity index (χ2n) is 7.93. The van der Waals surface area contributed by atoms with Crippen molar-refractivity contribution in [1.82, 2.24) is 15.5 Å². The van der Waals surface area contributed by atoms with E-state index in [4.69, 9.17) is 0 Å². The van der Waals surface area contributed by atoms with Crippen molar-refractivity contribution >= 4 is 34.1 Å². The Hall–Kier alpha value is -4.04. The molecule has 0 aliphatic rings. The summed E-state index contributed by atoms with van der Waals surface area (Å²) in [4.78, 5) is 25.9. The van der Waals surface area contributed by atoms with Crippen LogP contribution in [-0.4, -0.2) is 28.2 Å². The largest absolute Gasteiger partial charge is 0.326 e. The van der Waals surface area contributed by atoms with Crippen LogP contribution in [0.5, 0.6) is 0 Å². The third kappa shape index (κ3) is 6.05. The summed E-state index contributed by atoms with van der Waals surface area (Å²) in [5.41, 5.74) is 4.60. The number of aryl methyl sites for hydroxylation is 2. The predicted octanol–water partition coefficient (Wildman–Crippen LogP) is 5.19. The average molecular weight is 472 g/mol. The Morgan fingerprint density at radius 3 is 2.29 bits per heavy atom. The molecule has 0 saturated carbocycles. The molecule has 0 spiro atoms. The van der Waals surface area contributed by atoms with E-state index < -0.39 is 12.1 Å². The molecule has 1 heterocycles. The van der Waals surface area contributed by atoms with E-state index in [1.807, 2.05) is 92.7 Å². The highest BCUT2D eigenvalue weighted by Gasteiger charge is 2.23. The van der Waals surface area contributed by atoms with Gasteiger partial charge >= 0.3 is 6.03 Å². The molecule has 0 aliphatic heterocycles. The number of hydrogen-bond donors (Lipinski definition) is 3. The lowest BCUT2D eigenvalue weighted by Crippen LogP contribution is -2.47. The van der Waals surface area contributed by atoms with Gasteiger partial charge in [0, 0.05) is 17.7 Å². The molecule has 172 valence electrons. The fraction of sp³-hybridized carbons (Fsp3) is 0.154. The van der Waals surface area contributed by atoms with Gasteiger partial charge in [-0.05, 0) is 31.0 Å². The number of anilines is 2. The van der Waals surface area contributed by atoms with E-state index in [0.717, 1.165) is 22.3 Å². The third-order valence-electron chi connectivity index (χ3n) is 5.21. The van der Waals surface area contributed by atoms with Crippen molar-refractivity contribution in [2.45, 2.75) is 26.3 Å². The number of rotatable bonds is 7. The molecule has 1 atom stereocenters. The van der Waals surface area contributed by atoms with Gasteiger partial charge in [-0.25, -0.2) is 4.79 Å². The molecule has 4 rings (SSSR count). The van der Waals surface area contributed by atoms with Crippen LogP contribution in [0.15, 0.2) is 78.9 Å². The Morgan fingerprint density at radius 2 is 1.59 bits per heavy atom. The minimum absolute atomic E-state index is 0.331. The Labute approximate surface area is 202 Å². The van der Waals surface area contributed by atoms with Gasteiger partial charge in [-0.1, -0.05) is 89.7 Å². The first-order valence-electron chi connectivity index (χ1n) is 10.9. The van der Waals surface area contributed by atoms with Crippen LogP contribution in [0.4, 0.5) is 15.6 Å². The van der Waals surface area contributed by atoms with E-state index in [9.17, 15) is 9.59 Å². The number of urea groups is 1. The molecular formula is C26H25N5O2S. The van der Waals surface area contributed by atoms with Crippen LogP contribution in [0.2, 0.25) is 0 Å². The van der Waals surface area contributed by atoms with Crippen molar-refractivity contribution in [1.29, 1.82) is 0 Å². The van der Waals surface area contributed by atoms with Gasteiger partial charge in [0.15, 0.2) is 0 Å². The molecule has 3 aromatic carbocycles. The highest BCUT2D eigenvalue weighted by molar-refractivity contribution is 7.18. The number of nitrogens with one attached hydrogen (secondary N) is 3. The number of amides is 3. The summed E-state index contributed by atoms with van der Waals surface area (Å²) in [5, 5.41) is 17.8. The molecule has 0 saturated heterocycles. The highest BCUT2D eigenvalue weighted by Crippen LogP contribution is 2.26. The average Bonchev–Trinajstić information content (AvgIpc) is 3.30. The van der Waals surface area contributed by atoms with E-state index in [1.165, 1.54) is 11.3 Å². The fourth-order valence-corrected chi connectivity index (χ4v) is 4.25. The molecule has 3 amide bonds. The van der Waals surface area contributed by atoms with Gasteiger partial charge in [-0.15, -0.1) is 10.2 Å². The molecule has 34 heavy (non-hydrogen) atoms. The van der Waals surface area contributed by atoms with Gasteiger partial charge in [0.1, 0.15) is 11.0 Å². The van der Waals surface area contributed by atoms with Crippen LogP contribution in [-0.2, 0) is 11.2 Å². The zero-order valence-electron chi connectivity index (χ0n) is 18.9. The Morgan fingerprint density at radius 1 is 0.882 bits per heavy atom. The van der Waals surface area contributed by atoms with E-state index in [2.05, 4.69) is 26.1 Å². The number of benzene rings is 3. The first kappa shape index (κ1) is 23.1. The van der Waals surface area contributed by atoms with E-state index >= 15 is 0 Å². The van der Waals surface area contributed by atoms with Gasteiger partial charge in [-0.3, -0.25) is 10.1 Å². The Balaban J connectivity index is 1.48. The van der Waals surface area contributed by atoms with Gasteiger partial charge in [0.25, 0.3) is 0 Å². The summed E-state index contributed by atoms with van der Waals surface area (Å²) in [6.45, 7) is 3.92. The molecule has 0 aliphatic carbocycles. The van der Waals surface area contributed by atoms with E-state index in [1.54, 1.807) is 0 Å². The summed E-state index contributed by atoms with van der Waals surface area (Å²) >= 11 is 1.28. The second kappa shape index (κ2) is 10.7. The van der Waals surface area contributed by atoms with Crippen molar-refractivity contribution in [2.24, 2.45) is 0 Å². The first-order valence-corrected chi connectivity index (χ1v) is 11.7. The molecule has 0 bridgehead atoms.